The van der Waals surface area contributed by atoms with Crippen LogP contribution < -0.4 is 4.74 Å². The van der Waals surface area contributed by atoms with Gasteiger partial charge in [0, 0.05) is 25.2 Å². The van der Waals surface area contributed by atoms with Gasteiger partial charge in [0.15, 0.2) is 11.6 Å². The summed E-state index contributed by atoms with van der Waals surface area (Å²) in [6, 6.07) is 5.96. The van der Waals surface area contributed by atoms with Gasteiger partial charge in [-0.1, -0.05) is 23.7 Å². The van der Waals surface area contributed by atoms with Gasteiger partial charge in [0.2, 0.25) is 5.91 Å². The summed E-state index contributed by atoms with van der Waals surface area (Å²) in [5.74, 6) is 0.0852. The van der Waals surface area contributed by atoms with Crippen molar-refractivity contribution >= 4 is 17.5 Å². The number of halogens is 2. The van der Waals surface area contributed by atoms with Crippen molar-refractivity contribution in [1.29, 1.82) is 0 Å². The van der Waals surface area contributed by atoms with E-state index in [0.29, 0.717) is 24.7 Å². The topological polar surface area (TPSA) is 47.4 Å². The molecule has 2 aromatic rings. The molecule has 7 heteroatoms. The number of para-hydroxylation sites is 1. The van der Waals surface area contributed by atoms with Crippen molar-refractivity contribution in [3.05, 3.63) is 47.5 Å². The molecule has 0 spiro atoms. The van der Waals surface area contributed by atoms with Crippen molar-refractivity contribution in [2.24, 2.45) is 5.92 Å². The fourth-order valence-electron chi connectivity index (χ4n) is 3.07. The van der Waals surface area contributed by atoms with Gasteiger partial charge in [-0.2, -0.15) is 5.10 Å². The highest BCUT2D eigenvalue weighted by atomic mass is 35.5. The Labute approximate surface area is 151 Å². The molecule has 0 aliphatic carbocycles. The summed E-state index contributed by atoms with van der Waals surface area (Å²) in [5.41, 5.74) is 0. The van der Waals surface area contributed by atoms with Gasteiger partial charge in [0.05, 0.1) is 17.8 Å². The summed E-state index contributed by atoms with van der Waals surface area (Å²) < 4.78 is 20.8. The van der Waals surface area contributed by atoms with Gasteiger partial charge in [-0.3, -0.25) is 9.48 Å². The molecule has 1 aliphatic heterocycles. The van der Waals surface area contributed by atoms with Gasteiger partial charge in [0.25, 0.3) is 0 Å². The molecule has 2 atom stereocenters. The van der Waals surface area contributed by atoms with Gasteiger partial charge in [-0.25, -0.2) is 4.39 Å². The van der Waals surface area contributed by atoms with E-state index in [9.17, 15) is 9.18 Å². The van der Waals surface area contributed by atoms with Crippen molar-refractivity contribution in [2.75, 3.05) is 19.7 Å². The standard InChI is InChI=1S/C18H21ClFN3O2/c1-13(23-11-15(19)9-21-23)18(24)22-8-4-5-14(10-22)12-25-17-7-3-2-6-16(17)20/h2-3,6-7,9,11,13-14H,4-5,8,10,12H2,1H3/t13-,14+/m0/s1. The molecule has 0 saturated carbocycles. The van der Waals surface area contributed by atoms with Gasteiger partial charge in [-0.05, 0) is 31.9 Å². The van der Waals surface area contributed by atoms with E-state index in [-0.39, 0.29) is 23.4 Å². The Balaban J connectivity index is 1.57. The highest BCUT2D eigenvalue weighted by Crippen LogP contribution is 2.23. The van der Waals surface area contributed by atoms with Crippen molar-refractivity contribution in [3.63, 3.8) is 0 Å². The molecular weight excluding hydrogens is 345 g/mol. The third-order valence-corrected chi connectivity index (χ3v) is 4.66. The molecule has 1 aliphatic rings. The Morgan fingerprint density at radius 2 is 2.28 bits per heavy atom. The van der Waals surface area contributed by atoms with Crippen LogP contribution in [0.4, 0.5) is 4.39 Å². The van der Waals surface area contributed by atoms with Crippen LogP contribution in [0.15, 0.2) is 36.7 Å². The minimum atomic E-state index is -0.404. The number of hydrogen-bond donors (Lipinski definition) is 0. The van der Waals surface area contributed by atoms with Gasteiger partial charge in [-0.15, -0.1) is 0 Å². The maximum atomic E-state index is 13.6. The summed E-state index contributed by atoms with van der Waals surface area (Å²) >= 11 is 5.87. The number of piperidine rings is 1. The monoisotopic (exact) mass is 365 g/mol. The molecule has 1 aromatic heterocycles. The van der Waals surface area contributed by atoms with Crippen molar-refractivity contribution in [2.45, 2.75) is 25.8 Å². The first kappa shape index (κ1) is 17.7. The predicted molar refractivity (Wildman–Crippen MR) is 93.1 cm³/mol. The van der Waals surface area contributed by atoms with E-state index in [1.54, 1.807) is 29.1 Å². The van der Waals surface area contributed by atoms with Crippen LogP contribution in [-0.2, 0) is 4.79 Å². The van der Waals surface area contributed by atoms with E-state index < -0.39 is 6.04 Å². The number of amides is 1. The average molecular weight is 366 g/mol. The Hall–Kier alpha value is -2.08. The second-order valence-corrected chi connectivity index (χ2v) is 6.78. The van der Waals surface area contributed by atoms with Crippen LogP contribution in [0.2, 0.25) is 5.02 Å². The SMILES string of the molecule is C[C@@H](C(=O)N1CCC[C@@H](COc2ccccc2F)C1)n1cc(Cl)cn1. The van der Waals surface area contributed by atoms with E-state index in [1.165, 1.54) is 12.3 Å². The lowest BCUT2D eigenvalue weighted by molar-refractivity contribution is -0.136. The summed E-state index contributed by atoms with van der Waals surface area (Å²) in [5, 5.41) is 4.62. The third-order valence-electron chi connectivity index (χ3n) is 4.47. The first-order chi connectivity index (χ1) is 12.0. The molecule has 134 valence electrons. The zero-order chi connectivity index (χ0) is 17.8. The summed E-state index contributed by atoms with van der Waals surface area (Å²) in [6.07, 6.45) is 5.03. The molecule has 0 bridgehead atoms. The molecule has 1 saturated heterocycles. The number of hydrogen-bond acceptors (Lipinski definition) is 3. The van der Waals surface area contributed by atoms with Crippen LogP contribution >= 0.6 is 11.6 Å². The minimum absolute atomic E-state index is 0.00959. The lowest BCUT2D eigenvalue weighted by Gasteiger charge is -2.34. The van der Waals surface area contributed by atoms with Crippen molar-refractivity contribution in [3.8, 4) is 5.75 Å². The maximum absolute atomic E-state index is 13.6. The zero-order valence-electron chi connectivity index (χ0n) is 14.1. The smallest absolute Gasteiger partial charge is 0.247 e. The van der Waals surface area contributed by atoms with E-state index in [2.05, 4.69) is 5.10 Å². The van der Waals surface area contributed by atoms with Gasteiger partial charge >= 0.3 is 0 Å². The number of rotatable bonds is 5. The van der Waals surface area contributed by atoms with Crippen LogP contribution in [0.5, 0.6) is 5.75 Å². The molecule has 2 heterocycles. The van der Waals surface area contributed by atoms with Gasteiger partial charge < -0.3 is 9.64 Å². The van der Waals surface area contributed by atoms with Gasteiger partial charge in [0.1, 0.15) is 6.04 Å². The predicted octanol–water partition coefficient (Wildman–Crippen LogP) is 3.55. The summed E-state index contributed by atoms with van der Waals surface area (Å²) in [6.45, 7) is 3.53. The Morgan fingerprint density at radius 1 is 1.48 bits per heavy atom. The van der Waals surface area contributed by atoms with E-state index in [1.807, 2.05) is 11.8 Å². The van der Waals surface area contributed by atoms with E-state index >= 15 is 0 Å². The fraction of sp³-hybridized carbons (Fsp3) is 0.444. The number of benzene rings is 1. The Kier molecular flexibility index (Phi) is 5.58. The second kappa shape index (κ2) is 7.87. The molecule has 1 fully saturated rings. The van der Waals surface area contributed by atoms with Crippen molar-refractivity contribution < 1.29 is 13.9 Å². The molecule has 25 heavy (non-hydrogen) atoms. The summed E-state index contributed by atoms with van der Waals surface area (Å²) in [4.78, 5) is 14.5. The maximum Gasteiger partial charge on any atom is 0.247 e. The Bertz CT molecular complexity index is 737. The molecule has 0 unspecified atom stereocenters. The molecule has 5 nitrogen and oxygen atoms in total. The molecule has 0 N–H and O–H groups in total. The lowest BCUT2D eigenvalue weighted by atomic mass is 9.98. The fourth-order valence-corrected chi connectivity index (χ4v) is 3.22. The zero-order valence-corrected chi connectivity index (χ0v) is 14.8. The molecule has 3 rings (SSSR count). The Morgan fingerprint density at radius 3 is 3.00 bits per heavy atom. The van der Waals surface area contributed by atoms with Crippen LogP contribution in [-0.4, -0.2) is 40.3 Å². The van der Waals surface area contributed by atoms with Crippen molar-refractivity contribution in [1.82, 2.24) is 14.7 Å². The number of ether oxygens (including phenoxy) is 1. The van der Waals surface area contributed by atoms with Crippen LogP contribution in [0.1, 0.15) is 25.8 Å². The first-order valence-corrected chi connectivity index (χ1v) is 8.78. The number of likely N-dealkylation sites (tertiary alicyclic amines) is 1. The normalized spacial score (nSPS) is 18.8. The highest BCUT2D eigenvalue weighted by molar-refractivity contribution is 6.30. The molecule has 1 aromatic carbocycles. The average Bonchev–Trinajstić information content (AvgIpc) is 3.06. The number of carbonyl (C=O) groups is 1. The van der Waals surface area contributed by atoms with Crippen LogP contribution in [0.3, 0.4) is 0 Å². The third kappa shape index (κ3) is 4.31. The quantitative estimate of drug-likeness (QED) is 0.814. The highest BCUT2D eigenvalue weighted by Gasteiger charge is 2.28. The van der Waals surface area contributed by atoms with E-state index in [0.717, 1.165) is 12.8 Å². The van der Waals surface area contributed by atoms with Crippen LogP contribution in [0.25, 0.3) is 0 Å². The number of carbonyl (C=O) groups excluding carboxylic acids is 1. The molecular formula is C18H21ClFN3O2. The summed E-state index contributed by atoms with van der Waals surface area (Å²) in [7, 11) is 0. The molecule has 0 radical (unpaired) electrons. The van der Waals surface area contributed by atoms with Crippen LogP contribution in [0, 0.1) is 11.7 Å². The molecule has 1 amide bonds. The number of nitrogens with zero attached hydrogens (tertiary/aromatic N) is 3. The lowest BCUT2D eigenvalue weighted by Crippen LogP contribution is -2.44. The second-order valence-electron chi connectivity index (χ2n) is 6.35. The first-order valence-electron chi connectivity index (χ1n) is 8.40. The minimum Gasteiger partial charge on any atom is -0.490 e. The van der Waals surface area contributed by atoms with E-state index in [4.69, 9.17) is 16.3 Å². The number of aromatic nitrogens is 2. The largest absolute Gasteiger partial charge is 0.490 e.